The molecule has 2 atom stereocenters. The Morgan fingerprint density at radius 3 is 2.65 bits per heavy atom. The SMILES string of the molecule is Cc1c[nH]cc1C(=O)N1CCC(C(=O)O)C1C. The summed E-state index contributed by atoms with van der Waals surface area (Å²) in [5.41, 5.74) is 1.52. The van der Waals surface area contributed by atoms with Crippen molar-refractivity contribution in [3.63, 3.8) is 0 Å². The van der Waals surface area contributed by atoms with Gasteiger partial charge in [-0.1, -0.05) is 0 Å². The van der Waals surface area contributed by atoms with Gasteiger partial charge in [-0.3, -0.25) is 9.59 Å². The van der Waals surface area contributed by atoms with Gasteiger partial charge in [-0.2, -0.15) is 0 Å². The Morgan fingerprint density at radius 2 is 2.18 bits per heavy atom. The van der Waals surface area contributed by atoms with E-state index in [1.807, 2.05) is 6.92 Å². The average molecular weight is 236 g/mol. The van der Waals surface area contributed by atoms with Crippen molar-refractivity contribution in [3.05, 3.63) is 23.5 Å². The van der Waals surface area contributed by atoms with Crippen LogP contribution in [0.1, 0.15) is 29.3 Å². The summed E-state index contributed by atoms with van der Waals surface area (Å²) in [6, 6.07) is -0.241. The Kier molecular flexibility index (Phi) is 2.92. The predicted molar refractivity (Wildman–Crippen MR) is 61.8 cm³/mol. The monoisotopic (exact) mass is 236 g/mol. The Balaban J connectivity index is 2.18. The highest BCUT2D eigenvalue weighted by atomic mass is 16.4. The quantitative estimate of drug-likeness (QED) is 0.811. The van der Waals surface area contributed by atoms with E-state index in [-0.39, 0.29) is 11.9 Å². The van der Waals surface area contributed by atoms with Crippen molar-refractivity contribution in [2.45, 2.75) is 26.3 Å². The number of carbonyl (C=O) groups is 2. The smallest absolute Gasteiger partial charge is 0.308 e. The van der Waals surface area contributed by atoms with Gasteiger partial charge >= 0.3 is 5.97 Å². The van der Waals surface area contributed by atoms with E-state index in [0.717, 1.165) is 5.56 Å². The first kappa shape index (κ1) is 11.7. The second-order valence-corrected chi connectivity index (χ2v) is 4.52. The Morgan fingerprint density at radius 1 is 1.47 bits per heavy atom. The van der Waals surface area contributed by atoms with Gasteiger partial charge in [-0.15, -0.1) is 0 Å². The van der Waals surface area contributed by atoms with Gasteiger partial charge in [0.1, 0.15) is 0 Å². The summed E-state index contributed by atoms with van der Waals surface area (Å²) in [7, 11) is 0. The average Bonchev–Trinajstić information content (AvgIpc) is 2.83. The van der Waals surface area contributed by atoms with Crippen LogP contribution in [0.25, 0.3) is 0 Å². The molecule has 0 aromatic carbocycles. The maximum absolute atomic E-state index is 12.2. The largest absolute Gasteiger partial charge is 0.481 e. The third-order valence-corrected chi connectivity index (χ3v) is 3.52. The molecule has 1 fully saturated rings. The number of carboxylic acid groups (broad SMARTS) is 1. The molecular weight excluding hydrogens is 220 g/mol. The van der Waals surface area contributed by atoms with Crippen molar-refractivity contribution in [1.82, 2.24) is 9.88 Å². The molecule has 0 aliphatic carbocycles. The van der Waals surface area contributed by atoms with Crippen LogP contribution in [-0.2, 0) is 4.79 Å². The lowest BCUT2D eigenvalue weighted by Gasteiger charge is -2.23. The number of carboxylic acids is 1. The zero-order valence-electron chi connectivity index (χ0n) is 9.93. The van der Waals surface area contributed by atoms with Crippen molar-refractivity contribution in [2.75, 3.05) is 6.54 Å². The van der Waals surface area contributed by atoms with Crippen LogP contribution in [0.15, 0.2) is 12.4 Å². The molecule has 1 aliphatic heterocycles. The maximum Gasteiger partial charge on any atom is 0.308 e. The number of hydrogen-bond acceptors (Lipinski definition) is 2. The minimum absolute atomic E-state index is 0.0833. The summed E-state index contributed by atoms with van der Waals surface area (Å²) >= 11 is 0. The van der Waals surface area contributed by atoms with Crippen molar-refractivity contribution < 1.29 is 14.7 Å². The van der Waals surface area contributed by atoms with Crippen molar-refractivity contribution in [2.24, 2.45) is 5.92 Å². The third kappa shape index (κ3) is 1.92. The normalized spacial score (nSPS) is 24.0. The molecular formula is C12H16N2O3. The van der Waals surface area contributed by atoms with Gasteiger partial charge in [0.2, 0.25) is 0 Å². The Hall–Kier alpha value is -1.78. The summed E-state index contributed by atoms with van der Waals surface area (Å²) in [5.74, 6) is -1.35. The lowest BCUT2D eigenvalue weighted by Crippen LogP contribution is -2.37. The number of nitrogens with one attached hydrogen (secondary N) is 1. The van der Waals surface area contributed by atoms with Crippen LogP contribution < -0.4 is 0 Å². The molecule has 0 saturated carbocycles. The summed E-state index contributed by atoms with van der Waals surface area (Å²) in [6.07, 6.45) is 3.97. The predicted octanol–water partition coefficient (Wildman–Crippen LogP) is 1.26. The molecule has 0 radical (unpaired) electrons. The van der Waals surface area contributed by atoms with Gasteiger partial charge < -0.3 is 15.0 Å². The van der Waals surface area contributed by atoms with E-state index < -0.39 is 11.9 Å². The molecule has 0 bridgehead atoms. The number of H-pyrrole nitrogens is 1. The summed E-state index contributed by atoms with van der Waals surface area (Å²) < 4.78 is 0. The Bertz CT molecular complexity index is 452. The van der Waals surface area contributed by atoms with Gasteiger partial charge in [0.15, 0.2) is 0 Å². The summed E-state index contributed by atoms with van der Waals surface area (Å²) in [4.78, 5) is 27.7. The maximum atomic E-state index is 12.2. The first-order valence-electron chi connectivity index (χ1n) is 5.69. The number of aromatic nitrogens is 1. The van der Waals surface area contributed by atoms with Crippen LogP contribution in [0.3, 0.4) is 0 Å². The fourth-order valence-electron chi connectivity index (χ4n) is 2.38. The molecule has 1 saturated heterocycles. The summed E-state index contributed by atoms with van der Waals surface area (Å²) in [6.45, 7) is 4.17. The number of carbonyl (C=O) groups excluding carboxylic acids is 1. The van der Waals surface area contributed by atoms with Crippen LogP contribution in [0.4, 0.5) is 0 Å². The minimum atomic E-state index is -0.821. The van der Waals surface area contributed by atoms with E-state index in [1.165, 1.54) is 0 Å². The number of amides is 1. The molecule has 2 N–H and O–H groups in total. The van der Waals surface area contributed by atoms with Gasteiger partial charge in [-0.05, 0) is 25.8 Å². The van der Waals surface area contributed by atoms with Crippen molar-refractivity contribution in [1.29, 1.82) is 0 Å². The third-order valence-electron chi connectivity index (χ3n) is 3.52. The number of aliphatic carboxylic acids is 1. The van der Waals surface area contributed by atoms with Crippen molar-refractivity contribution in [3.8, 4) is 0 Å². The molecule has 0 spiro atoms. The molecule has 2 rings (SSSR count). The first-order chi connectivity index (χ1) is 8.02. The highest BCUT2D eigenvalue weighted by Crippen LogP contribution is 2.26. The molecule has 1 aromatic rings. The zero-order valence-corrected chi connectivity index (χ0v) is 9.93. The number of hydrogen-bond donors (Lipinski definition) is 2. The van der Waals surface area contributed by atoms with Gasteiger partial charge in [0.05, 0.1) is 11.5 Å². The fraction of sp³-hybridized carbons (Fsp3) is 0.500. The highest BCUT2D eigenvalue weighted by Gasteiger charge is 2.38. The topological polar surface area (TPSA) is 73.4 Å². The van der Waals surface area contributed by atoms with Crippen LogP contribution in [0.5, 0.6) is 0 Å². The van der Waals surface area contributed by atoms with E-state index >= 15 is 0 Å². The molecule has 5 nitrogen and oxygen atoms in total. The van der Waals surface area contributed by atoms with Crippen LogP contribution in [0.2, 0.25) is 0 Å². The lowest BCUT2D eigenvalue weighted by atomic mass is 10.0. The number of aryl methyl sites for hydroxylation is 1. The van der Waals surface area contributed by atoms with E-state index in [9.17, 15) is 9.59 Å². The van der Waals surface area contributed by atoms with E-state index in [1.54, 1.807) is 24.2 Å². The minimum Gasteiger partial charge on any atom is -0.481 e. The first-order valence-corrected chi connectivity index (χ1v) is 5.69. The van der Waals surface area contributed by atoms with E-state index in [2.05, 4.69) is 4.98 Å². The molecule has 2 unspecified atom stereocenters. The molecule has 1 amide bonds. The van der Waals surface area contributed by atoms with Crippen molar-refractivity contribution >= 4 is 11.9 Å². The molecule has 2 heterocycles. The van der Waals surface area contributed by atoms with Crippen LogP contribution in [-0.4, -0.2) is 39.5 Å². The van der Waals surface area contributed by atoms with E-state index in [4.69, 9.17) is 5.11 Å². The number of rotatable bonds is 2. The molecule has 1 aromatic heterocycles. The Labute approximate surface area is 99.4 Å². The molecule has 5 heteroatoms. The second kappa shape index (κ2) is 4.24. The number of aromatic amines is 1. The standard InChI is InChI=1S/C12H16N2O3/c1-7-5-13-6-10(7)11(15)14-4-3-9(8(14)2)12(16)17/h5-6,8-9,13H,3-4H2,1-2H3,(H,16,17). The van der Waals surface area contributed by atoms with Gasteiger partial charge in [0, 0.05) is 25.0 Å². The van der Waals surface area contributed by atoms with Gasteiger partial charge in [0.25, 0.3) is 5.91 Å². The summed E-state index contributed by atoms with van der Waals surface area (Å²) in [5, 5.41) is 9.02. The fourth-order valence-corrected chi connectivity index (χ4v) is 2.38. The molecule has 92 valence electrons. The molecule has 1 aliphatic rings. The van der Waals surface area contributed by atoms with E-state index in [0.29, 0.717) is 18.5 Å². The van der Waals surface area contributed by atoms with Crippen LogP contribution >= 0.6 is 0 Å². The highest BCUT2D eigenvalue weighted by molar-refractivity contribution is 5.96. The number of likely N-dealkylation sites (tertiary alicyclic amines) is 1. The number of nitrogens with zero attached hydrogens (tertiary/aromatic N) is 1. The van der Waals surface area contributed by atoms with Gasteiger partial charge in [-0.25, -0.2) is 0 Å². The second-order valence-electron chi connectivity index (χ2n) is 4.52. The molecule has 17 heavy (non-hydrogen) atoms. The van der Waals surface area contributed by atoms with Crippen LogP contribution in [0, 0.1) is 12.8 Å². The zero-order chi connectivity index (χ0) is 12.6. The lowest BCUT2D eigenvalue weighted by molar-refractivity contribution is -0.142.